The Morgan fingerprint density at radius 1 is 0.929 bits per heavy atom. The van der Waals surface area contributed by atoms with E-state index in [-0.39, 0.29) is 12.2 Å². The number of fused-ring (bicyclic) bond motifs is 2. The highest BCUT2D eigenvalue weighted by molar-refractivity contribution is 8.00. The van der Waals surface area contributed by atoms with Crippen molar-refractivity contribution in [2.45, 2.75) is 28.9 Å². The summed E-state index contributed by atoms with van der Waals surface area (Å²) in [5, 5.41) is 2.55. The van der Waals surface area contributed by atoms with Gasteiger partial charge < -0.3 is 5.32 Å². The van der Waals surface area contributed by atoms with Gasteiger partial charge in [-0.1, -0.05) is 71.1 Å². The molecule has 0 unspecified atom stereocenters. The second kappa shape index (κ2) is 10.8. The number of nitrogens with zero attached hydrogens (tertiary/aromatic N) is 2. The molecule has 2 aliphatic heterocycles. The van der Waals surface area contributed by atoms with Crippen LogP contribution in [0.25, 0.3) is 0 Å². The Morgan fingerprint density at radius 3 is 2.33 bits per heavy atom. The molecule has 3 heterocycles. The molecule has 0 aliphatic carbocycles. The molecular weight excluding hydrogens is 611 g/mol. The van der Waals surface area contributed by atoms with Gasteiger partial charge in [0.25, 0.3) is 0 Å². The molecular formula is C29H19ClF3N3O4S2. The number of amides is 3. The molecule has 3 aromatic carbocycles. The number of anilines is 2. The van der Waals surface area contributed by atoms with Gasteiger partial charge >= 0.3 is 11.0 Å². The van der Waals surface area contributed by atoms with E-state index >= 15 is 0 Å². The van der Waals surface area contributed by atoms with Gasteiger partial charge in [0.15, 0.2) is 0 Å². The van der Waals surface area contributed by atoms with Crippen LogP contribution in [0, 0.1) is 5.92 Å². The van der Waals surface area contributed by atoms with E-state index in [0.717, 1.165) is 46.2 Å². The molecule has 0 bridgehead atoms. The lowest BCUT2D eigenvalue weighted by Crippen LogP contribution is -2.33. The largest absolute Gasteiger partial charge is 0.416 e. The van der Waals surface area contributed by atoms with E-state index in [4.69, 9.17) is 11.6 Å². The predicted octanol–water partition coefficient (Wildman–Crippen LogP) is 6.02. The maximum Gasteiger partial charge on any atom is 0.416 e. The first kappa shape index (κ1) is 28.3. The van der Waals surface area contributed by atoms with Gasteiger partial charge in [-0.15, -0.1) is 0 Å². The number of alkyl halides is 3. The molecule has 42 heavy (non-hydrogen) atoms. The van der Waals surface area contributed by atoms with Crippen molar-refractivity contribution in [3.63, 3.8) is 0 Å². The number of thiazole rings is 1. The number of benzene rings is 3. The minimum atomic E-state index is -4.66. The lowest BCUT2D eigenvalue weighted by Gasteiger charge is -2.30. The number of imide groups is 1. The number of hydrogen-bond donors (Lipinski definition) is 1. The fourth-order valence-electron chi connectivity index (χ4n) is 5.23. The van der Waals surface area contributed by atoms with Gasteiger partial charge in [-0.2, -0.15) is 13.2 Å². The molecule has 7 nitrogen and oxygen atoms in total. The SMILES string of the molecule is O=C(Cn1c2c(sc1=O)[C@@H](c1ccccc1)[C@H]1C(=O)N(c3cccc(C(F)(F)F)c3)C(=O)[C@H]1S2)Nc1ccc(Cl)cc1. The van der Waals surface area contributed by atoms with E-state index in [9.17, 15) is 32.3 Å². The van der Waals surface area contributed by atoms with Crippen LogP contribution < -0.4 is 15.1 Å². The Bertz CT molecular complexity index is 1770. The average Bonchev–Trinajstić information content (AvgIpc) is 3.40. The summed E-state index contributed by atoms with van der Waals surface area (Å²) in [6.07, 6.45) is -4.66. The van der Waals surface area contributed by atoms with E-state index in [2.05, 4.69) is 5.32 Å². The maximum absolute atomic E-state index is 13.9. The van der Waals surface area contributed by atoms with Crippen molar-refractivity contribution < 1.29 is 27.6 Å². The predicted molar refractivity (Wildman–Crippen MR) is 154 cm³/mol. The third-order valence-electron chi connectivity index (χ3n) is 7.07. The zero-order valence-electron chi connectivity index (χ0n) is 21.3. The van der Waals surface area contributed by atoms with Crippen molar-refractivity contribution in [1.29, 1.82) is 0 Å². The zero-order chi connectivity index (χ0) is 29.8. The van der Waals surface area contributed by atoms with Crippen molar-refractivity contribution in [3.05, 3.63) is 110 Å². The van der Waals surface area contributed by atoms with Crippen LogP contribution in [-0.4, -0.2) is 27.5 Å². The lowest BCUT2D eigenvalue weighted by molar-refractivity contribution is -0.137. The summed E-state index contributed by atoms with van der Waals surface area (Å²) in [6, 6.07) is 19.4. The molecule has 6 rings (SSSR count). The van der Waals surface area contributed by atoms with Gasteiger partial charge in [0.1, 0.15) is 11.8 Å². The van der Waals surface area contributed by atoms with Gasteiger partial charge in [-0.25, -0.2) is 4.90 Å². The van der Waals surface area contributed by atoms with Gasteiger partial charge in [0.2, 0.25) is 17.7 Å². The van der Waals surface area contributed by atoms with E-state index in [1.807, 2.05) is 0 Å². The lowest BCUT2D eigenvalue weighted by atomic mass is 9.83. The van der Waals surface area contributed by atoms with E-state index < -0.39 is 51.4 Å². The fraction of sp³-hybridized carbons (Fsp3) is 0.172. The third kappa shape index (κ3) is 5.03. The van der Waals surface area contributed by atoms with Crippen molar-refractivity contribution in [1.82, 2.24) is 4.57 Å². The Morgan fingerprint density at radius 2 is 1.64 bits per heavy atom. The quantitative estimate of drug-likeness (QED) is 0.273. The molecule has 1 fully saturated rings. The zero-order valence-corrected chi connectivity index (χ0v) is 23.7. The van der Waals surface area contributed by atoms with E-state index in [0.29, 0.717) is 26.2 Å². The van der Waals surface area contributed by atoms with Crippen molar-refractivity contribution in [3.8, 4) is 0 Å². The minimum Gasteiger partial charge on any atom is -0.325 e. The van der Waals surface area contributed by atoms with Crippen molar-refractivity contribution >= 4 is 63.8 Å². The second-order valence-corrected chi connectivity index (χ2v) is 12.3. The van der Waals surface area contributed by atoms with Gasteiger partial charge in [-0.05, 0) is 48.0 Å². The van der Waals surface area contributed by atoms with Crippen LogP contribution in [0.2, 0.25) is 5.02 Å². The molecule has 1 saturated heterocycles. The van der Waals surface area contributed by atoms with Gasteiger partial charge in [0.05, 0.1) is 22.2 Å². The van der Waals surface area contributed by atoms with Gasteiger partial charge in [-0.3, -0.25) is 23.7 Å². The van der Waals surface area contributed by atoms with Crippen molar-refractivity contribution in [2.24, 2.45) is 5.92 Å². The monoisotopic (exact) mass is 629 g/mol. The first-order valence-corrected chi connectivity index (χ1v) is 14.7. The highest BCUT2D eigenvalue weighted by Crippen LogP contribution is 2.54. The van der Waals surface area contributed by atoms with Crippen LogP contribution in [0.1, 0.15) is 21.9 Å². The van der Waals surface area contributed by atoms with Crippen LogP contribution in [0.15, 0.2) is 88.7 Å². The highest BCUT2D eigenvalue weighted by Gasteiger charge is 2.57. The number of halogens is 4. The molecule has 4 aromatic rings. The molecule has 3 atom stereocenters. The molecule has 0 saturated carbocycles. The Kier molecular flexibility index (Phi) is 7.24. The molecule has 0 spiro atoms. The van der Waals surface area contributed by atoms with Crippen LogP contribution in [-0.2, 0) is 27.1 Å². The average molecular weight is 630 g/mol. The standard InChI is InChI=1S/C29H19ClF3N3O4S2/c30-17-9-11-18(12-10-17)34-20(37)14-35-27-24(42-28(35)40)21(15-5-2-1-3-6-15)22-23(41-27)26(39)36(25(22)38)19-8-4-7-16(13-19)29(31,32)33/h1-13,21-23H,14H2,(H,34,37)/t21-,22+,23-/m0/s1. The summed E-state index contributed by atoms with van der Waals surface area (Å²) >= 11 is 7.78. The Labute approximate surface area is 249 Å². The van der Waals surface area contributed by atoms with Crippen LogP contribution in [0.3, 0.4) is 0 Å². The fourth-order valence-corrected chi connectivity index (χ4v) is 8.13. The van der Waals surface area contributed by atoms with E-state index in [1.165, 1.54) is 10.6 Å². The number of nitrogens with one attached hydrogen (secondary N) is 1. The number of carbonyl (C=O) groups excluding carboxylic acids is 3. The summed E-state index contributed by atoms with van der Waals surface area (Å²) in [4.78, 5) is 54.6. The summed E-state index contributed by atoms with van der Waals surface area (Å²) in [7, 11) is 0. The van der Waals surface area contributed by atoms with Crippen LogP contribution in [0.4, 0.5) is 24.5 Å². The number of carbonyl (C=O) groups is 3. The minimum absolute atomic E-state index is 0.176. The van der Waals surface area contributed by atoms with E-state index in [1.54, 1.807) is 54.6 Å². The second-order valence-electron chi connectivity index (χ2n) is 9.69. The number of aromatic nitrogens is 1. The number of thioether (sulfide) groups is 1. The Hall–Kier alpha value is -3.87. The first-order chi connectivity index (χ1) is 20.0. The topological polar surface area (TPSA) is 88.5 Å². The third-order valence-corrected chi connectivity index (χ3v) is 9.93. The molecule has 13 heteroatoms. The normalized spacial score (nSPS) is 19.9. The molecule has 1 aromatic heterocycles. The summed E-state index contributed by atoms with van der Waals surface area (Å²) in [6.45, 7) is -0.349. The molecule has 2 aliphatic rings. The van der Waals surface area contributed by atoms with Crippen LogP contribution in [0.5, 0.6) is 0 Å². The summed E-state index contributed by atoms with van der Waals surface area (Å²) in [5.41, 5.74) is -0.0167. The molecule has 214 valence electrons. The van der Waals surface area contributed by atoms with Crippen LogP contribution >= 0.6 is 34.7 Å². The summed E-state index contributed by atoms with van der Waals surface area (Å²) in [5.74, 6) is -3.52. The van der Waals surface area contributed by atoms with Crippen molar-refractivity contribution in [2.75, 3.05) is 10.2 Å². The highest BCUT2D eigenvalue weighted by atomic mass is 35.5. The Balaban J connectivity index is 1.39. The number of rotatable bonds is 5. The molecule has 3 amide bonds. The summed E-state index contributed by atoms with van der Waals surface area (Å²) < 4.78 is 41.6. The number of hydrogen-bond acceptors (Lipinski definition) is 6. The molecule has 0 radical (unpaired) electrons. The maximum atomic E-state index is 13.9. The van der Waals surface area contributed by atoms with Gasteiger partial charge in [0, 0.05) is 21.5 Å². The first-order valence-electron chi connectivity index (χ1n) is 12.6. The molecule has 1 N–H and O–H groups in total. The smallest absolute Gasteiger partial charge is 0.325 e.